The van der Waals surface area contributed by atoms with E-state index in [4.69, 9.17) is 4.74 Å². The lowest BCUT2D eigenvalue weighted by atomic mass is 10.1. The summed E-state index contributed by atoms with van der Waals surface area (Å²) in [5.41, 5.74) is 0.0350. The molecule has 0 radical (unpaired) electrons. The van der Waals surface area contributed by atoms with Crippen LogP contribution in [0, 0.1) is 0 Å². The summed E-state index contributed by atoms with van der Waals surface area (Å²) in [6.45, 7) is 10.4. The minimum Gasteiger partial charge on any atom is -0.383 e. The predicted molar refractivity (Wildman–Crippen MR) is 80.7 cm³/mol. The highest BCUT2D eigenvalue weighted by molar-refractivity contribution is 5.80. The molecule has 1 aliphatic heterocycles. The van der Waals surface area contributed by atoms with Gasteiger partial charge in [-0.25, -0.2) is 0 Å². The molecule has 5 heteroatoms. The molecule has 1 fully saturated rings. The van der Waals surface area contributed by atoms with E-state index in [-0.39, 0.29) is 5.54 Å². The lowest BCUT2D eigenvalue weighted by Gasteiger charge is -2.27. The molecular weight excluding hydrogens is 240 g/mol. The number of hydrogen-bond donors (Lipinski definition) is 2. The van der Waals surface area contributed by atoms with Crippen molar-refractivity contribution >= 4 is 5.96 Å². The van der Waals surface area contributed by atoms with Gasteiger partial charge in [0.2, 0.25) is 0 Å². The number of methoxy groups -OCH3 is 1. The highest BCUT2D eigenvalue weighted by Crippen LogP contribution is 2.15. The lowest BCUT2D eigenvalue weighted by molar-refractivity contribution is 0.141. The summed E-state index contributed by atoms with van der Waals surface area (Å²) in [5.74, 6) is 0.881. The summed E-state index contributed by atoms with van der Waals surface area (Å²) < 4.78 is 5.17. The predicted octanol–water partition coefficient (Wildman–Crippen LogP) is 1.06. The normalized spacial score (nSPS) is 21.7. The first kappa shape index (κ1) is 16.2. The molecule has 1 atom stereocenters. The van der Waals surface area contributed by atoms with E-state index < -0.39 is 0 Å². The third-order valence-electron chi connectivity index (χ3n) is 3.30. The second kappa shape index (κ2) is 7.70. The smallest absolute Gasteiger partial charge is 0.191 e. The standard InChI is InChI=1S/C14H30N4O/c1-14(2,3)17-13(15-4)16-11-12-7-6-8-18(12)9-10-19-5/h12H,6-11H2,1-5H3,(H2,15,16,17). The van der Waals surface area contributed by atoms with E-state index in [1.165, 1.54) is 19.4 Å². The number of hydrogen-bond acceptors (Lipinski definition) is 3. The SMILES string of the molecule is CN=C(NCC1CCCN1CCOC)NC(C)(C)C. The van der Waals surface area contributed by atoms with Crippen molar-refractivity contribution in [3.8, 4) is 0 Å². The zero-order valence-corrected chi connectivity index (χ0v) is 13.1. The molecule has 0 aliphatic carbocycles. The van der Waals surface area contributed by atoms with Crippen molar-refractivity contribution < 1.29 is 4.74 Å². The second-order valence-electron chi connectivity index (χ2n) is 6.15. The van der Waals surface area contributed by atoms with Crippen molar-refractivity contribution in [3.63, 3.8) is 0 Å². The first-order chi connectivity index (χ1) is 8.96. The molecule has 1 saturated heterocycles. The Morgan fingerprint density at radius 3 is 2.74 bits per heavy atom. The summed E-state index contributed by atoms with van der Waals surface area (Å²) in [6, 6.07) is 0.591. The Bertz CT molecular complexity index is 286. The molecule has 2 N–H and O–H groups in total. The van der Waals surface area contributed by atoms with Crippen LogP contribution >= 0.6 is 0 Å². The van der Waals surface area contributed by atoms with Gasteiger partial charge in [0, 0.05) is 38.8 Å². The topological polar surface area (TPSA) is 48.9 Å². The Hall–Kier alpha value is -0.810. The Kier molecular flexibility index (Phi) is 6.58. The van der Waals surface area contributed by atoms with Crippen LogP contribution in [0.15, 0.2) is 4.99 Å². The van der Waals surface area contributed by atoms with E-state index >= 15 is 0 Å². The van der Waals surface area contributed by atoms with Gasteiger partial charge in [-0.2, -0.15) is 0 Å². The zero-order valence-electron chi connectivity index (χ0n) is 13.1. The molecule has 1 rings (SSSR count). The number of likely N-dealkylation sites (tertiary alicyclic amines) is 1. The van der Waals surface area contributed by atoms with Crippen LogP contribution in [0.25, 0.3) is 0 Å². The third-order valence-corrected chi connectivity index (χ3v) is 3.30. The van der Waals surface area contributed by atoms with Gasteiger partial charge >= 0.3 is 0 Å². The largest absolute Gasteiger partial charge is 0.383 e. The molecule has 0 aromatic carbocycles. The van der Waals surface area contributed by atoms with Crippen molar-refractivity contribution in [2.24, 2.45) is 4.99 Å². The molecule has 0 aromatic heterocycles. The summed E-state index contributed by atoms with van der Waals surface area (Å²) in [6.07, 6.45) is 2.53. The van der Waals surface area contributed by atoms with Crippen LogP contribution in [0.2, 0.25) is 0 Å². The van der Waals surface area contributed by atoms with Gasteiger partial charge in [0.15, 0.2) is 5.96 Å². The molecule has 19 heavy (non-hydrogen) atoms. The quantitative estimate of drug-likeness (QED) is 0.579. The van der Waals surface area contributed by atoms with Crippen LogP contribution in [0.1, 0.15) is 33.6 Å². The van der Waals surface area contributed by atoms with E-state index in [0.717, 1.165) is 25.7 Å². The number of nitrogens with zero attached hydrogens (tertiary/aromatic N) is 2. The maximum atomic E-state index is 5.17. The zero-order chi connectivity index (χ0) is 14.3. The molecule has 5 nitrogen and oxygen atoms in total. The first-order valence-electron chi connectivity index (χ1n) is 7.18. The summed E-state index contributed by atoms with van der Waals surface area (Å²) in [5, 5.41) is 6.81. The van der Waals surface area contributed by atoms with Crippen molar-refractivity contribution in [2.75, 3.05) is 40.4 Å². The van der Waals surface area contributed by atoms with E-state index in [0.29, 0.717) is 6.04 Å². The number of rotatable bonds is 5. The monoisotopic (exact) mass is 270 g/mol. The maximum absolute atomic E-state index is 5.17. The van der Waals surface area contributed by atoms with Crippen molar-refractivity contribution in [1.29, 1.82) is 0 Å². The van der Waals surface area contributed by atoms with E-state index in [2.05, 4.69) is 41.3 Å². The summed E-state index contributed by atoms with van der Waals surface area (Å²) in [4.78, 5) is 6.77. The van der Waals surface area contributed by atoms with Crippen LogP contribution in [0.5, 0.6) is 0 Å². The first-order valence-corrected chi connectivity index (χ1v) is 7.18. The van der Waals surface area contributed by atoms with Crippen LogP contribution < -0.4 is 10.6 Å². The van der Waals surface area contributed by atoms with Gasteiger partial charge in [0.05, 0.1) is 6.61 Å². The van der Waals surface area contributed by atoms with Crippen molar-refractivity contribution in [2.45, 2.75) is 45.2 Å². The molecule has 0 bridgehead atoms. The average molecular weight is 270 g/mol. The van der Waals surface area contributed by atoms with Gasteiger partial charge in [-0.05, 0) is 40.2 Å². The van der Waals surface area contributed by atoms with Crippen molar-refractivity contribution in [1.82, 2.24) is 15.5 Å². The Labute approximate surface area is 117 Å². The molecule has 0 aromatic rings. The maximum Gasteiger partial charge on any atom is 0.191 e. The molecule has 1 aliphatic rings. The second-order valence-corrected chi connectivity index (χ2v) is 6.15. The van der Waals surface area contributed by atoms with Crippen LogP contribution in [0.3, 0.4) is 0 Å². The van der Waals surface area contributed by atoms with Gasteiger partial charge in [0.1, 0.15) is 0 Å². The molecule has 1 unspecified atom stereocenters. The van der Waals surface area contributed by atoms with Crippen molar-refractivity contribution in [3.05, 3.63) is 0 Å². The summed E-state index contributed by atoms with van der Waals surface area (Å²) in [7, 11) is 3.58. The molecule has 0 amide bonds. The van der Waals surface area contributed by atoms with E-state index in [1.54, 1.807) is 7.11 Å². The van der Waals surface area contributed by atoms with E-state index in [1.807, 2.05) is 7.05 Å². The van der Waals surface area contributed by atoms with Gasteiger partial charge in [-0.3, -0.25) is 9.89 Å². The van der Waals surface area contributed by atoms with Gasteiger partial charge < -0.3 is 15.4 Å². The Morgan fingerprint density at radius 1 is 1.42 bits per heavy atom. The molecule has 0 saturated carbocycles. The summed E-state index contributed by atoms with van der Waals surface area (Å²) >= 11 is 0. The molecule has 1 heterocycles. The van der Waals surface area contributed by atoms with Crippen LogP contribution in [-0.4, -0.2) is 62.8 Å². The number of guanidine groups is 1. The fraction of sp³-hybridized carbons (Fsp3) is 0.929. The van der Waals surface area contributed by atoms with E-state index in [9.17, 15) is 0 Å². The number of ether oxygens (including phenoxy) is 1. The highest BCUT2D eigenvalue weighted by Gasteiger charge is 2.24. The van der Waals surface area contributed by atoms with Gasteiger partial charge in [-0.15, -0.1) is 0 Å². The van der Waals surface area contributed by atoms with Gasteiger partial charge in [-0.1, -0.05) is 0 Å². The average Bonchev–Trinajstić information content (AvgIpc) is 2.78. The minimum atomic E-state index is 0.0350. The van der Waals surface area contributed by atoms with Crippen LogP contribution in [-0.2, 0) is 4.74 Å². The fourth-order valence-corrected chi connectivity index (χ4v) is 2.38. The Balaban J connectivity index is 2.37. The minimum absolute atomic E-state index is 0.0350. The van der Waals surface area contributed by atoms with Crippen LogP contribution in [0.4, 0.5) is 0 Å². The number of aliphatic imine (C=N–C) groups is 1. The number of nitrogens with one attached hydrogen (secondary N) is 2. The highest BCUT2D eigenvalue weighted by atomic mass is 16.5. The third kappa shape index (κ3) is 6.25. The molecular formula is C14H30N4O. The lowest BCUT2D eigenvalue weighted by Crippen LogP contribution is -2.50. The molecule has 112 valence electrons. The van der Waals surface area contributed by atoms with Gasteiger partial charge in [0.25, 0.3) is 0 Å². The Morgan fingerprint density at radius 2 is 2.16 bits per heavy atom. The fourth-order valence-electron chi connectivity index (χ4n) is 2.38. The molecule has 0 spiro atoms.